The third-order valence-corrected chi connectivity index (χ3v) is 3.76. The van der Waals surface area contributed by atoms with Gasteiger partial charge in [-0.1, -0.05) is 25.3 Å². The van der Waals surface area contributed by atoms with Crippen molar-refractivity contribution in [3.05, 3.63) is 23.8 Å². The van der Waals surface area contributed by atoms with Gasteiger partial charge in [0.25, 0.3) is 0 Å². The van der Waals surface area contributed by atoms with Gasteiger partial charge in [-0.2, -0.15) is 0 Å². The average Bonchev–Trinajstić information content (AvgIpc) is 2.27. The zero-order valence-corrected chi connectivity index (χ0v) is 11.1. The van der Waals surface area contributed by atoms with Crippen LogP contribution >= 0.6 is 0 Å². The van der Waals surface area contributed by atoms with Crippen LogP contribution in [0.1, 0.15) is 38.2 Å². The van der Waals surface area contributed by atoms with Crippen LogP contribution in [0.25, 0.3) is 0 Å². The zero-order valence-electron chi connectivity index (χ0n) is 11.1. The molecular formula is C15H23NO. The molecule has 1 fully saturated rings. The number of anilines is 1. The van der Waals surface area contributed by atoms with E-state index in [-0.39, 0.29) is 0 Å². The maximum Gasteiger partial charge on any atom is 0.120 e. The van der Waals surface area contributed by atoms with Gasteiger partial charge < -0.3 is 10.1 Å². The summed E-state index contributed by atoms with van der Waals surface area (Å²) in [5.74, 6) is 1.87. The summed E-state index contributed by atoms with van der Waals surface area (Å²) >= 11 is 0. The Morgan fingerprint density at radius 3 is 2.76 bits per heavy atom. The molecule has 0 aromatic heterocycles. The Morgan fingerprint density at radius 2 is 2.18 bits per heavy atom. The summed E-state index contributed by atoms with van der Waals surface area (Å²) in [6.07, 6.45) is 5.55. The molecule has 1 aromatic rings. The van der Waals surface area contributed by atoms with E-state index < -0.39 is 0 Å². The van der Waals surface area contributed by atoms with Crippen LogP contribution in [0.2, 0.25) is 0 Å². The van der Waals surface area contributed by atoms with Crippen molar-refractivity contribution >= 4 is 5.69 Å². The second-order valence-corrected chi connectivity index (χ2v) is 5.26. The number of nitrogens with one attached hydrogen (secondary N) is 1. The molecule has 1 saturated carbocycles. The lowest BCUT2D eigenvalue weighted by molar-refractivity contribution is 0.286. The zero-order chi connectivity index (χ0) is 12.3. The van der Waals surface area contributed by atoms with E-state index in [1.165, 1.54) is 36.9 Å². The van der Waals surface area contributed by atoms with Crippen LogP contribution in [-0.2, 0) is 0 Å². The van der Waals surface area contributed by atoms with Crippen LogP contribution in [0.15, 0.2) is 18.2 Å². The van der Waals surface area contributed by atoms with Gasteiger partial charge in [0.1, 0.15) is 5.75 Å². The standard InChI is InChI=1S/C15H23NO/c1-11-7-8-14(17-3)10-15(11)16-12(2)9-13-5-4-6-13/h7-8,10,12-13,16H,4-6,9H2,1-3H3. The van der Waals surface area contributed by atoms with E-state index in [1.807, 2.05) is 6.07 Å². The van der Waals surface area contributed by atoms with Crippen molar-refractivity contribution in [1.29, 1.82) is 0 Å². The molecule has 2 nitrogen and oxygen atoms in total. The third kappa shape index (κ3) is 3.15. The van der Waals surface area contributed by atoms with E-state index >= 15 is 0 Å². The van der Waals surface area contributed by atoms with Gasteiger partial charge in [0.05, 0.1) is 7.11 Å². The monoisotopic (exact) mass is 233 g/mol. The number of hydrogen-bond acceptors (Lipinski definition) is 2. The summed E-state index contributed by atoms with van der Waals surface area (Å²) < 4.78 is 5.26. The molecule has 0 aliphatic heterocycles. The highest BCUT2D eigenvalue weighted by Gasteiger charge is 2.20. The molecular weight excluding hydrogens is 210 g/mol. The fraction of sp³-hybridized carbons (Fsp3) is 0.600. The fourth-order valence-corrected chi connectivity index (χ4v) is 2.44. The highest BCUT2D eigenvalue weighted by molar-refractivity contribution is 5.55. The van der Waals surface area contributed by atoms with E-state index in [9.17, 15) is 0 Å². The van der Waals surface area contributed by atoms with Gasteiger partial charge in [-0.25, -0.2) is 0 Å². The molecule has 1 aromatic carbocycles. The number of benzene rings is 1. The van der Waals surface area contributed by atoms with E-state index in [1.54, 1.807) is 7.11 Å². The van der Waals surface area contributed by atoms with Crippen molar-refractivity contribution in [2.24, 2.45) is 5.92 Å². The van der Waals surface area contributed by atoms with Crippen LogP contribution < -0.4 is 10.1 Å². The topological polar surface area (TPSA) is 21.3 Å². The van der Waals surface area contributed by atoms with Gasteiger partial charge >= 0.3 is 0 Å². The van der Waals surface area contributed by atoms with Crippen molar-refractivity contribution in [3.63, 3.8) is 0 Å². The molecule has 1 atom stereocenters. The van der Waals surface area contributed by atoms with Crippen LogP contribution in [0.3, 0.4) is 0 Å². The number of rotatable bonds is 5. The minimum atomic E-state index is 0.547. The number of ether oxygens (including phenoxy) is 1. The van der Waals surface area contributed by atoms with Crippen molar-refractivity contribution in [1.82, 2.24) is 0 Å². The summed E-state index contributed by atoms with van der Waals surface area (Å²) in [6.45, 7) is 4.41. The van der Waals surface area contributed by atoms with Gasteiger partial charge in [0.2, 0.25) is 0 Å². The Bertz CT molecular complexity index is 371. The van der Waals surface area contributed by atoms with Gasteiger partial charge in [-0.3, -0.25) is 0 Å². The molecule has 17 heavy (non-hydrogen) atoms. The molecule has 2 rings (SSSR count). The van der Waals surface area contributed by atoms with Crippen LogP contribution in [0, 0.1) is 12.8 Å². The normalized spacial score (nSPS) is 17.4. The molecule has 0 heterocycles. The first-order valence-corrected chi connectivity index (χ1v) is 6.60. The largest absolute Gasteiger partial charge is 0.497 e. The predicted molar refractivity (Wildman–Crippen MR) is 72.8 cm³/mol. The molecule has 2 heteroatoms. The van der Waals surface area contributed by atoms with E-state index in [2.05, 4.69) is 31.3 Å². The minimum absolute atomic E-state index is 0.547. The van der Waals surface area contributed by atoms with Gasteiger partial charge in [0.15, 0.2) is 0 Å². The van der Waals surface area contributed by atoms with E-state index in [4.69, 9.17) is 4.74 Å². The predicted octanol–water partition coefficient (Wildman–Crippen LogP) is 3.99. The average molecular weight is 233 g/mol. The molecule has 1 aliphatic carbocycles. The van der Waals surface area contributed by atoms with Crippen molar-refractivity contribution in [2.75, 3.05) is 12.4 Å². The van der Waals surface area contributed by atoms with Crippen molar-refractivity contribution in [2.45, 2.75) is 45.6 Å². The molecule has 0 amide bonds. The minimum Gasteiger partial charge on any atom is -0.497 e. The van der Waals surface area contributed by atoms with Gasteiger partial charge in [0, 0.05) is 17.8 Å². The molecule has 0 spiro atoms. The second-order valence-electron chi connectivity index (χ2n) is 5.26. The lowest BCUT2D eigenvalue weighted by atomic mass is 9.81. The maximum atomic E-state index is 5.26. The van der Waals surface area contributed by atoms with E-state index in [0.717, 1.165) is 11.7 Å². The van der Waals surface area contributed by atoms with Gasteiger partial charge in [-0.15, -0.1) is 0 Å². The Kier molecular flexibility index (Phi) is 3.93. The van der Waals surface area contributed by atoms with Gasteiger partial charge in [-0.05, 0) is 37.8 Å². The molecule has 0 radical (unpaired) electrons. The Morgan fingerprint density at radius 1 is 1.41 bits per heavy atom. The lowest BCUT2D eigenvalue weighted by Gasteiger charge is -2.29. The Hall–Kier alpha value is -1.18. The van der Waals surface area contributed by atoms with Crippen LogP contribution in [0.4, 0.5) is 5.69 Å². The molecule has 0 saturated heterocycles. The highest BCUT2D eigenvalue weighted by atomic mass is 16.5. The molecule has 1 unspecified atom stereocenters. The lowest BCUT2D eigenvalue weighted by Crippen LogP contribution is -2.23. The quantitative estimate of drug-likeness (QED) is 0.830. The van der Waals surface area contributed by atoms with E-state index in [0.29, 0.717) is 6.04 Å². The van der Waals surface area contributed by atoms with Crippen molar-refractivity contribution < 1.29 is 4.74 Å². The number of hydrogen-bond donors (Lipinski definition) is 1. The smallest absolute Gasteiger partial charge is 0.120 e. The summed E-state index contributed by atoms with van der Waals surface area (Å²) in [7, 11) is 1.71. The van der Waals surface area contributed by atoms with Crippen LogP contribution in [0.5, 0.6) is 5.75 Å². The second kappa shape index (κ2) is 5.44. The summed E-state index contributed by atoms with van der Waals surface area (Å²) in [5.41, 5.74) is 2.49. The number of aryl methyl sites for hydroxylation is 1. The summed E-state index contributed by atoms with van der Waals surface area (Å²) in [4.78, 5) is 0. The highest BCUT2D eigenvalue weighted by Crippen LogP contribution is 2.31. The molecule has 94 valence electrons. The summed E-state index contributed by atoms with van der Waals surface area (Å²) in [5, 5.41) is 3.60. The number of methoxy groups -OCH3 is 1. The first kappa shape index (κ1) is 12.3. The molecule has 0 bridgehead atoms. The Labute approximate surface area is 104 Å². The Balaban J connectivity index is 1.96. The summed E-state index contributed by atoms with van der Waals surface area (Å²) in [6, 6.07) is 6.76. The fourth-order valence-electron chi connectivity index (χ4n) is 2.44. The van der Waals surface area contributed by atoms with Crippen molar-refractivity contribution in [3.8, 4) is 5.75 Å². The first-order chi connectivity index (χ1) is 8.19. The third-order valence-electron chi connectivity index (χ3n) is 3.76. The van der Waals surface area contributed by atoms with Crippen LogP contribution in [-0.4, -0.2) is 13.2 Å². The maximum absolute atomic E-state index is 5.26. The SMILES string of the molecule is COc1ccc(C)c(NC(C)CC2CCC2)c1. The molecule has 1 N–H and O–H groups in total. The molecule has 1 aliphatic rings. The first-order valence-electron chi connectivity index (χ1n) is 6.60.